The molecule has 1 fully saturated rings. The minimum Gasteiger partial charge on any atom is -0.508 e. The molecular weight excluding hydrogens is 1250 g/mol. The molecule has 0 radical (unpaired) electrons. The van der Waals surface area contributed by atoms with E-state index in [1.165, 1.54) is 55.8 Å². The van der Waals surface area contributed by atoms with Crippen molar-refractivity contribution in [1.82, 2.24) is 61.1 Å². The van der Waals surface area contributed by atoms with Gasteiger partial charge in [-0.15, -0.1) is 68.0 Å². The summed E-state index contributed by atoms with van der Waals surface area (Å²) in [6.45, 7) is 2.36. The maximum atomic E-state index is 15.5. The SMILES string of the molecule is Cc1sc2nc1C(=O)N[C@@H]([C@H](O)c1ccccc1)c1nc(cs1)C(=O)NC(Cc1ccc(O)cc1)C(=O)N1C[C@H](OC(=O)NCC(=O)O)[C@H](C)[C@H]1c1nc(cs1)-c1nc(cs1)-c1nc(-c3nc(C(N)=O)cs3)ccc1-c1nc(cs1)C(=O)N[C@H]2CC(N)=O. The Labute approximate surface area is 521 Å². The quantitative estimate of drug-likeness (QED) is 0.0695. The van der Waals surface area contributed by atoms with Gasteiger partial charge in [0.15, 0.2) is 0 Å². The summed E-state index contributed by atoms with van der Waals surface area (Å²) in [4.78, 5) is 143. The number of aliphatic carboxylic acids is 1. The molecule has 7 amide bonds. The van der Waals surface area contributed by atoms with Crippen molar-refractivity contribution >= 4 is 116 Å². The summed E-state index contributed by atoms with van der Waals surface area (Å²) in [5, 5.41) is 51.8. The van der Waals surface area contributed by atoms with E-state index in [1.807, 2.05) is 0 Å². The minimum absolute atomic E-state index is 0.0322. The highest BCUT2D eigenvalue weighted by Gasteiger charge is 2.48. The molecule has 11 N–H and O–H groups in total. The van der Waals surface area contributed by atoms with E-state index >= 15 is 4.79 Å². The molecule has 2 aliphatic rings. The van der Waals surface area contributed by atoms with E-state index in [1.54, 1.807) is 79.2 Å². The van der Waals surface area contributed by atoms with E-state index in [0.717, 1.165) is 45.3 Å². The van der Waals surface area contributed by atoms with E-state index in [0.29, 0.717) is 64.4 Å². The number of carboxylic acid groups (broad SMARTS) is 1. The molecule has 26 nitrogen and oxygen atoms in total. The lowest BCUT2D eigenvalue weighted by atomic mass is 10.00. The number of hydrogen-bond donors (Lipinski definition) is 9. The molecule has 88 heavy (non-hydrogen) atoms. The number of thiazole rings is 6. The molecular formula is C56H48N14O12S6. The monoisotopic (exact) mass is 1300 g/mol. The summed E-state index contributed by atoms with van der Waals surface area (Å²) in [6, 6.07) is 13.0. The number of aliphatic hydroxyl groups is 1. The van der Waals surface area contributed by atoms with Crippen LogP contribution in [0, 0.1) is 12.8 Å². The zero-order valence-electron chi connectivity index (χ0n) is 45.8. The molecule has 7 atom stereocenters. The Bertz CT molecular complexity index is 4180. The zero-order valence-corrected chi connectivity index (χ0v) is 50.7. The number of rotatable bonds is 11. The van der Waals surface area contributed by atoms with E-state index in [-0.39, 0.29) is 51.5 Å². The summed E-state index contributed by atoms with van der Waals surface area (Å²) in [5.74, 6) is -6.56. The number of benzene rings is 2. The average molecular weight is 1300 g/mol. The molecule has 1 unspecified atom stereocenters. The summed E-state index contributed by atoms with van der Waals surface area (Å²) in [5.41, 5.74) is 13.7. The van der Waals surface area contributed by atoms with Gasteiger partial charge < -0.3 is 57.7 Å². The number of nitrogens with one attached hydrogen (secondary N) is 4. The number of aryl methyl sites for hydroxylation is 1. The molecule has 2 aliphatic heterocycles. The molecule has 2 aromatic carbocycles. The number of carbonyl (C=O) groups is 8. The van der Waals surface area contributed by atoms with Gasteiger partial charge in [0.05, 0.1) is 30.7 Å². The number of alkyl carbamates (subject to hydrolysis) is 1. The van der Waals surface area contributed by atoms with Gasteiger partial charge in [0.2, 0.25) is 11.8 Å². The molecule has 450 valence electrons. The number of fused-ring (bicyclic) bond motifs is 16. The van der Waals surface area contributed by atoms with Gasteiger partial charge in [-0.05, 0) is 42.3 Å². The number of amides is 7. The lowest BCUT2D eigenvalue weighted by Gasteiger charge is -2.29. The van der Waals surface area contributed by atoms with Crippen LogP contribution in [-0.2, 0) is 25.5 Å². The van der Waals surface area contributed by atoms with Crippen LogP contribution < -0.4 is 32.7 Å². The fourth-order valence-electron chi connectivity index (χ4n) is 9.76. The van der Waals surface area contributed by atoms with Gasteiger partial charge in [0.1, 0.15) is 106 Å². The molecule has 10 bridgehead atoms. The summed E-state index contributed by atoms with van der Waals surface area (Å²) < 4.78 is 5.79. The number of aliphatic hydroxyl groups excluding tert-OH is 1. The summed E-state index contributed by atoms with van der Waals surface area (Å²) in [7, 11) is 0. The summed E-state index contributed by atoms with van der Waals surface area (Å²) in [6.07, 6.45) is -4.10. The number of carboxylic acids is 1. The number of nitrogens with two attached hydrogens (primary N) is 2. The molecule has 0 spiro atoms. The number of hydrogen-bond acceptors (Lipinski definition) is 24. The first kappa shape index (κ1) is 60.4. The molecule has 0 aliphatic carbocycles. The van der Waals surface area contributed by atoms with Crippen molar-refractivity contribution in [2.24, 2.45) is 17.4 Å². The topological polar surface area (TPSA) is 400 Å². The number of primary amides is 2. The molecule has 9 aromatic rings. The Morgan fingerprint density at radius 2 is 1.34 bits per heavy atom. The van der Waals surface area contributed by atoms with E-state index < -0.39 is 103 Å². The van der Waals surface area contributed by atoms with Gasteiger partial charge in [0, 0.05) is 49.7 Å². The normalized spacial score (nSPS) is 19.1. The Hall–Kier alpha value is -9.31. The molecule has 9 heterocycles. The van der Waals surface area contributed by atoms with Crippen LogP contribution in [0.2, 0.25) is 0 Å². The van der Waals surface area contributed by atoms with Gasteiger partial charge in [-0.1, -0.05) is 49.4 Å². The lowest BCUT2D eigenvalue weighted by Crippen LogP contribution is -2.50. The highest BCUT2D eigenvalue weighted by Crippen LogP contribution is 2.44. The predicted molar refractivity (Wildman–Crippen MR) is 324 cm³/mol. The van der Waals surface area contributed by atoms with Crippen LogP contribution >= 0.6 is 68.0 Å². The van der Waals surface area contributed by atoms with Crippen molar-refractivity contribution in [3.63, 3.8) is 0 Å². The zero-order chi connectivity index (χ0) is 62.1. The van der Waals surface area contributed by atoms with Crippen LogP contribution in [0.4, 0.5) is 4.79 Å². The second kappa shape index (κ2) is 25.6. The van der Waals surface area contributed by atoms with Gasteiger partial charge in [-0.25, -0.2) is 39.7 Å². The molecule has 11 rings (SSSR count). The Kier molecular flexibility index (Phi) is 17.5. The fraction of sp³-hybridized carbons (Fsp3) is 0.232. The molecule has 0 saturated carbocycles. The average Bonchev–Trinajstić information content (AvgIpc) is 2.19. The van der Waals surface area contributed by atoms with Crippen LogP contribution in [-0.4, -0.2) is 128 Å². The Balaban J connectivity index is 1.03. The number of phenols is 1. The second-order valence-corrected chi connectivity index (χ2v) is 25.6. The van der Waals surface area contributed by atoms with Crippen LogP contribution in [0.5, 0.6) is 5.75 Å². The third-order valence-electron chi connectivity index (χ3n) is 14.1. The fourth-order valence-corrected chi connectivity index (χ4v) is 15.1. The lowest BCUT2D eigenvalue weighted by molar-refractivity contribution is -0.136. The maximum absolute atomic E-state index is 15.5. The number of aromatic nitrogens is 7. The first-order valence-corrected chi connectivity index (χ1v) is 31.7. The van der Waals surface area contributed by atoms with Crippen LogP contribution in [0.25, 0.3) is 43.4 Å². The number of carbonyl (C=O) groups excluding carboxylic acids is 7. The molecule has 7 aromatic heterocycles. The first-order valence-electron chi connectivity index (χ1n) is 26.5. The van der Waals surface area contributed by atoms with Crippen LogP contribution in [0.3, 0.4) is 0 Å². The number of pyridine rings is 1. The van der Waals surface area contributed by atoms with Crippen molar-refractivity contribution < 1.29 is 58.4 Å². The minimum atomic E-state index is -1.46. The van der Waals surface area contributed by atoms with E-state index in [9.17, 15) is 48.9 Å². The van der Waals surface area contributed by atoms with Gasteiger partial charge in [0.25, 0.3) is 23.6 Å². The largest absolute Gasteiger partial charge is 0.508 e. The second-order valence-electron chi connectivity index (χ2n) is 20.1. The van der Waals surface area contributed by atoms with Crippen LogP contribution in [0.15, 0.2) is 93.6 Å². The van der Waals surface area contributed by atoms with Crippen molar-refractivity contribution in [3.8, 4) is 49.1 Å². The predicted octanol–water partition coefficient (Wildman–Crippen LogP) is 6.21. The van der Waals surface area contributed by atoms with Gasteiger partial charge in [-0.2, -0.15) is 0 Å². The van der Waals surface area contributed by atoms with Crippen molar-refractivity contribution in [1.29, 1.82) is 0 Å². The first-order chi connectivity index (χ1) is 42.2. The highest BCUT2D eigenvalue weighted by molar-refractivity contribution is 7.15. The van der Waals surface area contributed by atoms with E-state index in [4.69, 9.17) is 36.1 Å². The highest BCUT2D eigenvalue weighted by atomic mass is 32.1. The van der Waals surface area contributed by atoms with E-state index in [2.05, 4.69) is 36.2 Å². The van der Waals surface area contributed by atoms with Gasteiger partial charge in [-0.3, -0.25) is 33.6 Å². The summed E-state index contributed by atoms with van der Waals surface area (Å²) >= 11 is 6.61. The standard InChI is InChI=1S/C56H48N14O12S6/c1-23-37(82-56(81)59-16-39(73)74)17-70-43(23)54-67-36(22-87-54)51-63-32(18-84-51)41-28(12-13-29(60-41)50-64-33(19-85-50)45(58)76)49-65-34(20-83-49)46(77)61-30(15-38(57)72)52-69-40(24(2)88-52)48(79)68-42(44(75)26-6-4-3-5-7-26)53-66-35(21-86-53)47(78)62-31(55(70)80)14-25-8-10-27(71)11-9-25/h3-13,18-23,30-31,37,42-44,71,75H,14-17H2,1-2H3,(H2,57,72)(H2,58,76)(H,59,81)(H,61,77)(H,62,78)(H,68,79)(H,73,74)/t23-,30-,31?,37-,42-,43-,44+/m0/s1. The maximum Gasteiger partial charge on any atom is 0.407 e. The number of aromatic hydroxyl groups is 1. The van der Waals surface area contributed by atoms with Crippen molar-refractivity contribution in [2.45, 2.75) is 63.1 Å². The van der Waals surface area contributed by atoms with Crippen molar-refractivity contribution in [2.75, 3.05) is 13.1 Å². The molecule has 32 heteroatoms. The molecule has 1 saturated heterocycles. The number of phenolic OH excluding ortho intramolecular Hbond substituents is 1. The van der Waals surface area contributed by atoms with Crippen LogP contribution in [0.1, 0.15) is 111 Å². The third-order valence-corrected chi connectivity index (χ3v) is 19.6. The Morgan fingerprint density at radius 3 is 2.07 bits per heavy atom. The van der Waals surface area contributed by atoms with Crippen molar-refractivity contribution in [3.05, 3.63) is 147 Å². The smallest absolute Gasteiger partial charge is 0.407 e. The number of ether oxygens (including phenoxy) is 1. The Morgan fingerprint density at radius 1 is 0.693 bits per heavy atom. The third kappa shape index (κ3) is 13.0. The van der Waals surface area contributed by atoms with Gasteiger partial charge >= 0.3 is 12.1 Å². The number of nitrogens with zero attached hydrogens (tertiary/aromatic N) is 8.